The van der Waals surface area contributed by atoms with E-state index in [9.17, 15) is 24.4 Å². The predicted molar refractivity (Wildman–Crippen MR) is 158 cm³/mol. The maximum Gasteiger partial charge on any atom is 0.408 e. The number of esters is 1. The van der Waals surface area contributed by atoms with Crippen LogP contribution in [0.2, 0.25) is 0 Å². The van der Waals surface area contributed by atoms with Gasteiger partial charge in [-0.15, -0.1) is 0 Å². The molecule has 0 fully saturated rings. The smallest absolute Gasteiger partial charge is 0.408 e. The van der Waals surface area contributed by atoms with Gasteiger partial charge >= 0.3 is 12.1 Å². The molecule has 2 aromatic carbocycles. The van der Waals surface area contributed by atoms with E-state index < -0.39 is 59.7 Å². The van der Waals surface area contributed by atoms with Gasteiger partial charge in [-0.3, -0.25) is 9.59 Å². The molecule has 2 aromatic rings. The molecule has 0 heterocycles. The van der Waals surface area contributed by atoms with Crippen molar-refractivity contribution in [1.29, 1.82) is 5.26 Å². The second-order valence-electron chi connectivity index (χ2n) is 12.1. The van der Waals surface area contributed by atoms with E-state index in [4.69, 9.17) is 9.47 Å². The SMILES string of the molecule is Cc1ccc(C(C(=O)NC(Cc2ccccc2)C(=O)OC(C)(C)C)N(CC#N)C(=O)C(C)NC(=O)OC(C)(C)C)cc1. The van der Waals surface area contributed by atoms with E-state index in [1.165, 1.54) is 6.92 Å². The summed E-state index contributed by atoms with van der Waals surface area (Å²) in [5.74, 6) is -2.00. The van der Waals surface area contributed by atoms with Crippen LogP contribution in [0, 0.1) is 18.3 Å². The summed E-state index contributed by atoms with van der Waals surface area (Å²) < 4.78 is 10.9. The van der Waals surface area contributed by atoms with E-state index in [2.05, 4.69) is 10.6 Å². The lowest BCUT2D eigenvalue weighted by Crippen LogP contribution is -2.54. The molecule has 0 aliphatic carbocycles. The minimum absolute atomic E-state index is 0.144. The molecular formula is C32H42N4O6. The first-order chi connectivity index (χ1) is 19.5. The maximum atomic E-state index is 14.0. The van der Waals surface area contributed by atoms with Gasteiger partial charge in [0, 0.05) is 6.42 Å². The van der Waals surface area contributed by atoms with Crippen LogP contribution in [0.15, 0.2) is 54.6 Å². The number of nitrogens with one attached hydrogen (secondary N) is 2. The first-order valence-electron chi connectivity index (χ1n) is 13.8. The highest BCUT2D eigenvalue weighted by Crippen LogP contribution is 2.24. The van der Waals surface area contributed by atoms with Crippen LogP contribution < -0.4 is 10.6 Å². The molecule has 226 valence electrons. The van der Waals surface area contributed by atoms with Crippen LogP contribution >= 0.6 is 0 Å². The zero-order chi connectivity index (χ0) is 31.7. The fourth-order valence-corrected chi connectivity index (χ4v) is 4.06. The Morgan fingerprint density at radius 1 is 0.881 bits per heavy atom. The Kier molecular flexibility index (Phi) is 11.7. The van der Waals surface area contributed by atoms with Crippen molar-refractivity contribution < 1.29 is 28.7 Å². The summed E-state index contributed by atoms with van der Waals surface area (Å²) >= 11 is 0. The van der Waals surface area contributed by atoms with Gasteiger partial charge in [-0.2, -0.15) is 5.26 Å². The molecule has 0 aliphatic rings. The van der Waals surface area contributed by atoms with Gasteiger partial charge in [-0.25, -0.2) is 9.59 Å². The molecule has 10 nitrogen and oxygen atoms in total. The van der Waals surface area contributed by atoms with Crippen molar-refractivity contribution in [3.63, 3.8) is 0 Å². The Balaban J connectivity index is 2.48. The van der Waals surface area contributed by atoms with Gasteiger partial charge in [0.25, 0.3) is 0 Å². The highest BCUT2D eigenvalue weighted by Gasteiger charge is 2.37. The van der Waals surface area contributed by atoms with Gasteiger partial charge < -0.3 is 25.0 Å². The maximum absolute atomic E-state index is 14.0. The van der Waals surface area contributed by atoms with Gasteiger partial charge in [0.05, 0.1) is 6.07 Å². The van der Waals surface area contributed by atoms with Crippen molar-refractivity contribution in [1.82, 2.24) is 15.5 Å². The molecule has 0 saturated heterocycles. The molecule has 0 saturated carbocycles. The molecular weight excluding hydrogens is 536 g/mol. The number of amides is 3. The number of hydrogen-bond donors (Lipinski definition) is 2. The highest BCUT2D eigenvalue weighted by atomic mass is 16.6. The van der Waals surface area contributed by atoms with E-state index >= 15 is 0 Å². The van der Waals surface area contributed by atoms with E-state index in [0.29, 0.717) is 5.56 Å². The monoisotopic (exact) mass is 578 g/mol. The number of alkyl carbamates (subject to hydrolysis) is 1. The van der Waals surface area contributed by atoms with Crippen molar-refractivity contribution >= 4 is 23.9 Å². The Morgan fingerprint density at radius 2 is 1.45 bits per heavy atom. The molecule has 42 heavy (non-hydrogen) atoms. The molecule has 3 atom stereocenters. The van der Waals surface area contributed by atoms with Crippen LogP contribution in [0.5, 0.6) is 0 Å². The van der Waals surface area contributed by atoms with Crippen LogP contribution in [0.25, 0.3) is 0 Å². The minimum atomic E-state index is -1.29. The lowest BCUT2D eigenvalue weighted by atomic mass is 10.00. The van der Waals surface area contributed by atoms with Crippen LogP contribution in [0.3, 0.4) is 0 Å². The molecule has 0 aliphatic heterocycles. The summed E-state index contributed by atoms with van der Waals surface area (Å²) in [5, 5.41) is 14.9. The largest absolute Gasteiger partial charge is 0.458 e. The zero-order valence-electron chi connectivity index (χ0n) is 25.7. The molecule has 0 bridgehead atoms. The van der Waals surface area contributed by atoms with Crippen molar-refractivity contribution in [3.05, 3.63) is 71.3 Å². The Bertz CT molecular complexity index is 1270. The van der Waals surface area contributed by atoms with Gasteiger partial charge in [-0.1, -0.05) is 60.2 Å². The third kappa shape index (κ3) is 10.9. The quantitative estimate of drug-likeness (QED) is 0.315. The predicted octanol–water partition coefficient (Wildman–Crippen LogP) is 4.37. The van der Waals surface area contributed by atoms with E-state index in [1.54, 1.807) is 65.8 Å². The molecule has 2 rings (SSSR count). The summed E-state index contributed by atoms with van der Waals surface area (Å²) in [6, 6.07) is 14.5. The topological polar surface area (TPSA) is 138 Å². The number of nitriles is 1. The fourth-order valence-electron chi connectivity index (χ4n) is 4.06. The number of rotatable bonds is 10. The van der Waals surface area contributed by atoms with Crippen molar-refractivity contribution in [2.45, 2.75) is 91.1 Å². The van der Waals surface area contributed by atoms with Crippen LogP contribution in [0.4, 0.5) is 4.79 Å². The van der Waals surface area contributed by atoms with Gasteiger partial charge in [0.15, 0.2) is 0 Å². The van der Waals surface area contributed by atoms with Crippen LogP contribution in [0.1, 0.15) is 71.2 Å². The number of carbonyl (C=O) groups excluding carboxylic acids is 4. The number of carbonyl (C=O) groups is 4. The lowest BCUT2D eigenvalue weighted by molar-refractivity contribution is -0.159. The number of hydrogen-bond acceptors (Lipinski definition) is 7. The molecule has 3 unspecified atom stereocenters. The minimum Gasteiger partial charge on any atom is -0.458 e. The highest BCUT2D eigenvalue weighted by molar-refractivity contribution is 5.94. The molecule has 3 amide bonds. The van der Waals surface area contributed by atoms with E-state index in [-0.39, 0.29) is 6.42 Å². The second-order valence-corrected chi connectivity index (χ2v) is 12.1. The Hall–Kier alpha value is -4.39. The number of benzene rings is 2. The average Bonchev–Trinajstić information content (AvgIpc) is 2.87. The van der Waals surface area contributed by atoms with Gasteiger partial charge in [-0.05, 0) is 66.5 Å². The average molecular weight is 579 g/mol. The number of nitrogens with zero attached hydrogens (tertiary/aromatic N) is 2. The van der Waals surface area contributed by atoms with Gasteiger partial charge in [0.1, 0.15) is 35.9 Å². The van der Waals surface area contributed by atoms with Crippen molar-refractivity contribution in [3.8, 4) is 6.07 Å². The second kappa shape index (κ2) is 14.5. The summed E-state index contributed by atoms with van der Waals surface area (Å²) in [5.41, 5.74) is 0.540. The summed E-state index contributed by atoms with van der Waals surface area (Å²) in [4.78, 5) is 54.4. The molecule has 0 spiro atoms. The number of ether oxygens (including phenoxy) is 2. The first-order valence-corrected chi connectivity index (χ1v) is 13.8. The lowest BCUT2D eigenvalue weighted by Gasteiger charge is -2.33. The Labute approximate surface area is 248 Å². The molecule has 2 N–H and O–H groups in total. The van der Waals surface area contributed by atoms with Crippen molar-refractivity contribution in [2.75, 3.05) is 6.54 Å². The first kappa shape index (κ1) is 33.8. The molecule has 10 heteroatoms. The summed E-state index contributed by atoms with van der Waals surface area (Å²) in [7, 11) is 0. The van der Waals surface area contributed by atoms with Crippen molar-refractivity contribution in [2.24, 2.45) is 0 Å². The van der Waals surface area contributed by atoms with Gasteiger partial charge in [0.2, 0.25) is 11.8 Å². The molecule has 0 radical (unpaired) electrons. The third-order valence-corrected chi connectivity index (χ3v) is 5.87. The van der Waals surface area contributed by atoms with E-state index in [0.717, 1.165) is 16.0 Å². The normalized spacial score (nSPS) is 13.5. The molecule has 0 aromatic heterocycles. The third-order valence-electron chi connectivity index (χ3n) is 5.87. The standard InChI is InChI=1S/C32H42N4O6/c1-21-14-16-24(17-15-21)26(36(19-18-33)28(38)22(2)34-30(40)42-32(6,7)8)27(37)35-25(29(39)41-31(3,4)5)20-23-12-10-9-11-13-23/h9-17,22,25-26H,19-20H2,1-8H3,(H,34,40)(H,35,37). The zero-order valence-corrected chi connectivity index (χ0v) is 25.7. The fraction of sp³-hybridized carbons (Fsp3) is 0.469. The summed E-state index contributed by atoms with van der Waals surface area (Å²) in [6.07, 6.45) is -0.672. The Morgan fingerprint density at radius 3 is 1.98 bits per heavy atom. The van der Waals surface area contributed by atoms with E-state index in [1.807, 2.05) is 43.3 Å². The number of aryl methyl sites for hydroxylation is 1. The van der Waals surface area contributed by atoms with Crippen LogP contribution in [-0.2, 0) is 30.3 Å². The van der Waals surface area contributed by atoms with Crippen LogP contribution in [-0.4, -0.2) is 58.6 Å². The summed E-state index contributed by atoms with van der Waals surface area (Å²) in [6.45, 7) is 13.1.